The van der Waals surface area contributed by atoms with Crippen LogP contribution in [0.15, 0.2) is 79.3 Å². The molecule has 3 aromatic heterocycles. The highest BCUT2D eigenvalue weighted by Crippen LogP contribution is 2.28. The summed E-state index contributed by atoms with van der Waals surface area (Å²) >= 11 is 0. The number of aryl methyl sites for hydroxylation is 2. The van der Waals surface area contributed by atoms with Gasteiger partial charge in [0.2, 0.25) is 0 Å². The normalized spacial score (nSPS) is 10.6. The van der Waals surface area contributed by atoms with Gasteiger partial charge in [-0.1, -0.05) is 13.0 Å². The number of nitriles is 1. The van der Waals surface area contributed by atoms with Crippen molar-refractivity contribution in [3.05, 3.63) is 96.3 Å². The van der Waals surface area contributed by atoms with Crippen LogP contribution in [0.1, 0.15) is 18.2 Å². The van der Waals surface area contributed by atoms with Gasteiger partial charge in [0.1, 0.15) is 23.1 Å². The second-order valence-electron chi connectivity index (χ2n) is 8.55. The van der Waals surface area contributed by atoms with Crippen molar-refractivity contribution >= 4 is 17.5 Å². The third-order valence-corrected chi connectivity index (χ3v) is 5.74. The van der Waals surface area contributed by atoms with Gasteiger partial charge in [0.05, 0.1) is 40.6 Å². The number of hydrogen-bond acceptors (Lipinski definition) is 6. The molecule has 5 aromatic rings. The molecule has 0 saturated heterocycles. The Morgan fingerprint density at radius 1 is 1.10 bits per heavy atom. The van der Waals surface area contributed by atoms with Crippen molar-refractivity contribution < 1.29 is 13.9 Å². The lowest BCUT2D eigenvalue weighted by Gasteiger charge is -2.12. The minimum absolute atomic E-state index is 0.0288. The molecular formula is C28H23FN8O2. The first-order valence-electron chi connectivity index (χ1n) is 12.0. The van der Waals surface area contributed by atoms with Crippen LogP contribution < -0.4 is 15.4 Å². The monoisotopic (exact) mass is 522 g/mol. The predicted octanol–water partition coefficient (Wildman–Crippen LogP) is 5.68. The molecule has 2 N–H and O–H groups in total. The molecule has 0 saturated carbocycles. The van der Waals surface area contributed by atoms with Gasteiger partial charge < -0.3 is 10.1 Å². The maximum atomic E-state index is 14.9. The van der Waals surface area contributed by atoms with E-state index in [2.05, 4.69) is 31.9 Å². The molecule has 0 aliphatic heterocycles. The number of nitrogens with one attached hydrogen (secondary N) is 2. The van der Waals surface area contributed by atoms with Crippen molar-refractivity contribution in [2.24, 2.45) is 7.05 Å². The molecule has 0 fully saturated rings. The molecule has 0 unspecified atom stereocenters. The third kappa shape index (κ3) is 5.75. The minimum atomic E-state index is -0.673. The van der Waals surface area contributed by atoms with E-state index in [1.54, 1.807) is 65.6 Å². The Kier molecular flexibility index (Phi) is 7.00. The van der Waals surface area contributed by atoms with Crippen molar-refractivity contribution in [3.63, 3.8) is 0 Å². The zero-order valence-corrected chi connectivity index (χ0v) is 21.1. The Morgan fingerprint density at radius 3 is 2.69 bits per heavy atom. The lowest BCUT2D eigenvalue weighted by molar-refractivity contribution is 0.262. The van der Waals surface area contributed by atoms with Gasteiger partial charge in [0.25, 0.3) is 0 Å². The van der Waals surface area contributed by atoms with Crippen molar-refractivity contribution in [1.82, 2.24) is 24.5 Å². The fraction of sp³-hybridized carbons (Fsp3) is 0.107. The minimum Gasteiger partial charge on any atom is -0.457 e. The van der Waals surface area contributed by atoms with E-state index >= 15 is 0 Å². The largest absolute Gasteiger partial charge is 0.457 e. The van der Waals surface area contributed by atoms with E-state index in [0.29, 0.717) is 34.9 Å². The first-order chi connectivity index (χ1) is 18.9. The van der Waals surface area contributed by atoms with Crippen LogP contribution in [0.3, 0.4) is 0 Å². The molecule has 11 heteroatoms. The maximum absolute atomic E-state index is 14.9. The summed E-state index contributed by atoms with van der Waals surface area (Å²) in [4.78, 5) is 17.1. The smallest absolute Gasteiger partial charge is 0.324 e. The predicted molar refractivity (Wildman–Crippen MR) is 143 cm³/mol. The Hall–Kier alpha value is -5.50. The summed E-state index contributed by atoms with van der Waals surface area (Å²) in [5.41, 5.74) is 3.27. The van der Waals surface area contributed by atoms with Gasteiger partial charge in [-0.15, -0.1) is 0 Å². The number of carbonyl (C=O) groups excluding carboxylic acids is 1. The average molecular weight is 523 g/mol. The summed E-state index contributed by atoms with van der Waals surface area (Å²) in [5.74, 6) is 0.433. The molecule has 3 heterocycles. The van der Waals surface area contributed by atoms with Crippen molar-refractivity contribution in [2.75, 3.05) is 10.6 Å². The van der Waals surface area contributed by atoms with Gasteiger partial charge >= 0.3 is 6.03 Å². The van der Waals surface area contributed by atoms with Crippen molar-refractivity contribution in [2.45, 2.75) is 13.3 Å². The van der Waals surface area contributed by atoms with Gasteiger partial charge in [0, 0.05) is 43.2 Å². The average Bonchev–Trinajstić information content (AvgIpc) is 3.56. The number of rotatable bonds is 7. The Labute approximate surface area is 223 Å². The van der Waals surface area contributed by atoms with E-state index < -0.39 is 11.8 Å². The van der Waals surface area contributed by atoms with Crippen LogP contribution in [0.2, 0.25) is 0 Å². The van der Waals surface area contributed by atoms with Crippen LogP contribution in [-0.2, 0) is 13.5 Å². The highest BCUT2D eigenvalue weighted by atomic mass is 19.1. The summed E-state index contributed by atoms with van der Waals surface area (Å²) in [6.07, 6.45) is 5.76. The molecular weight excluding hydrogens is 499 g/mol. The number of hydrogen-bond donors (Lipinski definition) is 2. The van der Waals surface area contributed by atoms with E-state index in [-0.39, 0.29) is 11.4 Å². The van der Waals surface area contributed by atoms with Crippen LogP contribution in [0.5, 0.6) is 11.5 Å². The lowest BCUT2D eigenvalue weighted by Crippen LogP contribution is -2.22. The van der Waals surface area contributed by atoms with Crippen molar-refractivity contribution in [3.8, 4) is 34.5 Å². The highest BCUT2D eigenvalue weighted by molar-refractivity contribution is 5.99. The van der Waals surface area contributed by atoms with Gasteiger partial charge in [-0.3, -0.25) is 15.0 Å². The fourth-order valence-corrected chi connectivity index (χ4v) is 3.85. The second-order valence-corrected chi connectivity index (χ2v) is 8.55. The number of pyridine rings is 1. The van der Waals surface area contributed by atoms with Gasteiger partial charge in [-0.05, 0) is 42.8 Å². The fourth-order valence-electron chi connectivity index (χ4n) is 3.85. The van der Waals surface area contributed by atoms with E-state index in [1.807, 2.05) is 20.2 Å². The summed E-state index contributed by atoms with van der Waals surface area (Å²) < 4.78 is 23.9. The van der Waals surface area contributed by atoms with E-state index in [4.69, 9.17) is 4.74 Å². The molecule has 10 nitrogen and oxygen atoms in total. The Morgan fingerprint density at radius 2 is 1.95 bits per heavy atom. The standard InChI is InChI=1S/C28H23FN8O2/c1-3-20-12-27(37(35-20)21-6-4-5-18(11-21)15-30)34-28(38)33-25-8-7-22(13-24(25)29)39-23-9-10-31-26(14-23)19-16-32-36(2)17-19/h4-14,16-17H,3H2,1-2H3,(H2,33,34,38). The number of ether oxygens (including phenoxy) is 1. The quantitative estimate of drug-likeness (QED) is 0.284. The molecule has 0 bridgehead atoms. The summed E-state index contributed by atoms with van der Waals surface area (Å²) in [6.45, 7) is 1.94. The van der Waals surface area contributed by atoms with Crippen LogP contribution in [0.25, 0.3) is 16.9 Å². The molecule has 0 spiro atoms. The first-order valence-corrected chi connectivity index (χ1v) is 12.0. The van der Waals surface area contributed by atoms with E-state index in [1.165, 1.54) is 16.8 Å². The Bertz CT molecular complexity index is 1700. The molecule has 194 valence electrons. The molecule has 2 amide bonds. The summed E-state index contributed by atoms with van der Waals surface area (Å²) in [6, 6.07) is 17.6. The zero-order valence-electron chi connectivity index (χ0n) is 21.1. The maximum Gasteiger partial charge on any atom is 0.324 e. The molecule has 5 rings (SSSR count). The number of aromatic nitrogens is 5. The van der Waals surface area contributed by atoms with Gasteiger partial charge in [-0.25, -0.2) is 13.9 Å². The number of benzene rings is 2. The molecule has 2 aromatic carbocycles. The van der Waals surface area contributed by atoms with E-state index in [9.17, 15) is 14.4 Å². The molecule has 0 radical (unpaired) electrons. The van der Waals surface area contributed by atoms with Crippen molar-refractivity contribution in [1.29, 1.82) is 5.26 Å². The number of halogens is 1. The number of urea groups is 1. The van der Waals surface area contributed by atoms with Crippen LogP contribution in [-0.4, -0.2) is 30.6 Å². The number of amides is 2. The second kappa shape index (κ2) is 10.9. The molecule has 39 heavy (non-hydrogen) atoms. The van der Waals surface area contributed by atoms with Crippen LogP contribution >= 0.6 is 0 Å². The topological polar surface area (TPSA) is 123 Å². The Balaban J connectivity index is 1.29. The highest BCUT2D eigenvalue weighted by Gasteiger charge is 2.15. The number of carbonyl (C=O) groups is 1. The summed E-state index contributed by atoms with van der Waals surface area (Å²) in [7, 11) is 1.81. The SMILES string of the molecule is CCc1cc(NC(=O)Nc2ccc(Oc3ccnc(-c4cnn(C)c4)c3)cc2F)n(-c2cccc(C#N)c2)n1. The lowest BCUT2D eigenvalue weighted by atomic mass is 10.2. The van der Waals surface area contributed by atoms with E-state index in [0.717, 1.165) is 11.3 Å². The van der Waals surface area contributed by atoms with Crippen LogP contribution in [0, 0.1) is 17.1 Å². The number of nitrogens with zero attached hydrogens (tertiary/aromatic N) is 6. The van der Waals surface area contributed by atoms with Crippen LogP contribution in [0.4, 0.5) is 20.7 Å². The first kappa shape index (κ1) is 25.2. The van der Waals surface area contributed by atoms with Gasteiger partial charge in [0.15, 0.2) is 0 Å². The molecule has 0 aliphatic rings. The third-order valence-electron chi connectivity index (χ3n) is 5.74. The molecule has 0 atom stereocenters. The summed E-state index contributed by atoms with van der Waals surface area (Å²) in [5, 5.41) is 23.1. The number of anilines is 2. The zero-order chi connectivity index (χ0) is 27.4. The van der Waals surface area contributed by atoms with Gasteiger partial charge in [-0.2, -0.15) is 15.5 Å². The molecule has 0 aliphatic carbocycles.